The number of hydrogen-bond acceptors (Lipinski definition) is 1. The van der Waals surface area contributed by atoms with Crippen LogP contribution in [0.2, 0.25) is 0 Å². The van der Waals surface area contributed by atoms with Crippen LogP contribution < -0.4 is 0 Å². The molecule has 2 atom stereocenters. The summed E-state index contributed by atoms with van der Waals surface area (Å²) >= 11 is 19.0. The summed E-state index contributed by atoms with van der Waals surface area (Å²) < 4.78 is 0. The molecule has 1 aliphatic heterocycles. The van der Waals surface area contributed by atoms with Gasteiger partial charge in [0.05, 0.1) is 0 Å². The summed E-state index contributed by atoms with van der Waals surface area (Å²) in [5.74, 6) is -0.140. The standard InChI is InChI=1S/C20H36Cl3NO/c1-3-5-6-7-8-9-10-11-12-13-14-20(23)17(18(21)22)16-24(15-4-2)19(20)25/h17-18H,3-16H2,1-2H3/t17-,20-/m1/s1. The number of nitrogens with zero attached hydrogens (tertiary/aromatic N) is 1. The van der Waals surface area contributed by atoms with Crippen LogP contribution in [0.25, 0.3) is 0 Å². The second-order valence-corrected chi connectivity index (χ2v) is 9.32. The average molecular weight is 413 g/mol. The topological polar surface area (TPSA) is 20.3 Å². The highest BCUT2D eigenvalue weighted by Crippen LogP contribution is 2.43. The van der Waals surface area contributed by atoms with Gasteiger partial charge in [-0.1, -0.05) is 78.1 Å². The Kier molecular flexibility index (Phi) is 11.9. The molecule has 0 radical (unpaired) electrons. The molecule has 0 bridgehead atoms. The van der Waals surface area contributed by atoms with E-state index in [0.717, 1.165) is 25.8 Å². The Hall–Kier alpha value is 0.340. The highest BCUT2D eigenvalue weighted by molar-refractivity contribution is 6.46. The van der Waals surface area contributed by atoms with Crippen LogP contribution in [0.4, 0.5) is 0 Å². The van der Waals surface area contributed by atoms with Gasteiger partial charge in [0.25, 0.3) is 0 Å². The highest BCUT2D eigenvalue weighted by Gasteiger charge is 2.54. The van der Waals surface area contributed by atoms with Crippen LogP contribution in [0, 0.1) is 5.92 Å². The third kappa shape index (κ3) is 7.46. The number of alkyl halides is 3. The van der Waals surface area contributed by atoms with E-state index in [1.54, 1.807) is 0 Å². The van der Waals surface area contributed by atoms with Crippen molar-refractivity contribution >= 4 is 40.7 Å². The number of unbranched alkanes of at least 4 members (excludes halogenated alkanes) is 9. The Morgan fingerprint density at radius 2 is 1.48 bits per heavy atom. The van der Waals surface area contributed by atoms with Gasteiger partial charge in [0.15, 0.2) is 0 Å². The van der Waals surface area contributed by atoms with E-state index in [4.69, 9.17) is 34.8 Å². The van der Waals surface area contributed by atoms with Gasteiger partial charge >= 0.3 is 0 Å². The molecular formula is C20H36Cl3NO. The van der Waals surface area contributed by atoms with Crippen molar-refractivity contribution in [2.75, 3.05) is 13.1 Å². The maximum Gasteiger partial charge on any atom is 0.244 e. The van der Waals surface area contributed by atoms with Crippen LogP contribution in [0.1, 0.15) is 90.9 Å². The fourth-order valence-corrected chi connectivity index (χ4v) is 4.96. The van der Waals surface area contributed by atoms with Crippen molar-refractivity contribution in [2.24, 2.45) is 5.92 Å². The summed E-state index contributed by atoms with van der Waals surface area (Å²) in [7, 11) is 0. The van der Waals surface area contributed by atoms with Gasteiger partial charge in [0.1, 0.15) is 9.71 Å². The summed E-state index contributed by atoms with van der Waals surface area (Å²) in [5.41, 5.74) is 0. The molecule has 0 unspecified atom stereocenters. The van der Waals surface area contributed by atoms with Crippen LogP contribution in [-0.4, -0.2) is 33.6 Å². The van der Waals surface area contributed by atoms with Crippen molar-refractivity contribution in [3.8, 4) is 0 Å². The normalized spacial score (nSPS) is 23.8. The van der Waals surface area contributed by atoms with E-state index >= 15 is 0 Å². The zero-order valence-electron chi connectivity index (χ0n) is 16.0. The van der Waals surface area contributed by atoms with E-state index in [1.165, 1.54) is 51.4 Å². The monoisotopic (exact) mass is 411 g/mol. The maximum absolute atomic E-state index is 12.7. The van der Waals surface area contributed by atoms with E-state index in [1.807, 2.05) is 4.90 Å². The van der Waals surface area contributed by atoms with Crippen molar-refractivity contribution in [1.29, 1.82) is 0 Å². The fraction of sp³-hybridized carbons (Fsp3) is 0.950. The summed E-state index contributed by atoms with van der Waals surface area (Å²) in [6, 6.07) is 0. The van der Waals surface area contributed by atoms with E-state index in [-0.39, 0.29) is 11.8 Å². The molecule has 0 saturated carbocycles. The third-order valence-corrected chi connectivity index (χ3v) is 6.58. The molecule has 2 nitrogen and oxygen atoms in total. The van der Waals surface area contributed by atoms with Crippen molar-refractivity contribution < 1.29 is 4.79 Å². The fourth-order valence-electron chi connectivity index (χ4n) is 3.79. The smallest absolute Gasteiger partial charge is 0.244 e. The number of amides is 1. The van der Waals surface area contributed by atoms with Gasteiger partial charge in [-0.3, -0.25) is 4.79 Å². The van der Waals surface area contributed by atoms with Crippen molar-refractivity contribution in [3.63, 3.8) is 0 Å². The van der Waals surface area contributed by atoms with E-state index in [9.17, 15) is 4.79 Å². The predicted molar refractivity (Wildman–Crippen MR) is 111 cm³/mol. The first-order chi connectivity index (χ1) is 12.0. The van der Waals surface area contributed by atoms with Crippen LogP contribution in [0.3, 0.4) is 0 Å². The summed E-state index contributed by atoms with van der Waals surface area (Å²) in [6.45, 7) is 5.65. The summed E-state index contributed by atoms with van der Waals surface area (Å²) in [5, 5.41) is 0. The maximum atomic E-state index is 12.7. The van der Waals surface area contributed by atoms with Gasteiger partial charge < -0.3 is 4.90 Å². The van der Waals surface area contributed by atoms with Crippen LogP contribution in [0.5, 0.6) is 0 Å². The van der Waals surface area contributed by atoms with Gasteiger partial charge in [-0.05, 0) is 12.8 Å². The molecule has 0 aliphatic carbocycles. The lowest BCUT2D eigenvalue weighted by molar-refractivity contribution is -0.130. The molecule has 1 heterocycles. The molecule has 148 valence electrons. The molecule has 0 aromatic heterocycles. The number of likely N-dealkylation sites (tertiary alicyclic amines) is 1. The lowest BCUT2D eigenvalue weighted by Crippen LogP contribution is -2.40. The Labute approximate surface area is 169 Å². The Bertz CT molecular complexity index is 378. The summed E-state index contributed by atoms with van der Waals surface area (Å²) in [4.78, 5) is 13.0. The molecular weight excluding hydrogens is 377 g/mol. The van der Waals surface area contributed by atoms with Gasteiger partial charge in [-0.2, -0.15) is 0 Å². The van der Waals surface area contributed by atoms with Crippen LogP contribution >= 0.6 is 34.8 Å². The molecule has 0 N–H and O–H groups in total. The molecule has 1 fully saturated rings. The Morgan fingerprint density at radius 1 is 0.960 bits per heavy atom. The van der Waals surface area contributed by atoms with Crippen molar-refractivity contribution in [3.05, 3.63) is 0 Å². The molecule has 0 spiro atoms. The first-order valence-electron chi connectivity index (χ1n) is 10.2. The predicted octanol–water partition coefficient (Wildman–Crippen LogP) is 6.95. The first kappa shape index (κ1) is 23.4. The first-order valence-corrected chi connectivity index (χ1v) is 11.5. The minimum atomic E-state index is -0.899. The Morgan fingerprint density at radius 3 is 1.96 bits per heavy atom. The van der Waals surface area contributed by atoms with Crippen molar-refractivity contribution in [2.45, 2.75) is 101 Å². The quantitative estimate of drug-likeness (QED) is 0.223. The zero-order chi connectivity index (χ0) is 18.7. The number of hydrogen-bond donors (Lipinski definition) is 0. The molecule has 0 aromatic carbocycles. The third-order valence-electron chi connectivity index (χ3n) is 5.34. The molecule has 1 amide bonds. The SMILES string of the molecule is CCCCCCCCCCCC[C@]1(Cl)C(=O)N(CCC)C[C@@H]1C(Cl)Cl. The highest BCUT2D eigenvalue weighted by atomic mass is 35.5. The Balaban J connectivity index is 2.28. The van der Waals surface area contributed by atoms with Crippen LogP contribution in [-0.2, 0) is 4.79 Å². The molecule has 1 aliphatic rings. The lowest BCUT2D eigenvalue weighted by atomic mass is 9.90. The molecule has 1 rings (SSSR count). The van der Waals surface area contributed by atoms with E-state index in [2.05, 4.69) is 13.8 Å². The molecule has 25 heavy (non-hydrogen) atoms. The molecule has 5 heteroatoms. The second kappa shape index (κ2) is 12.7. The number of carbonyl (C=O) groups excluding carboxylic acids is 1. The van der Waals surface area contributed by atoms with Gasteiger partial charge in [-0.15, -0.1) is 34.8 Å². The summed E-state index contributed by atoms with van der Waals surface area (Å²) in [6.07, 6.45) is 14.3. The van der Waals surface area contributed by atoms with E-state index in [0.29, 0.717) is 13.0 Å². The van der Waals surface area contributed by atoms with Crippen LogP contribution in [0.15, 0.2) is 0 Å². The largest absolute Gasteiger partial charge is 0.341 e. The average Bonchev–Trinajstić information content (AvgIpc) is 2.82. The lowest BCUT2D eigenvalue weighted by Gasteiger charge is -2.26. The van der Waals surface area contributed by atoms with Crippen molar-refractivity contribution in [1.82, 2.24) is 4.90 Å². The number of rotatable bonds is 14. The second-order valence-electron chi connectivity index (χ2n) is 7.49. The minimum absolute atomic E-state index is 0.0308. The van der Waals surface area contributed by atoms with Gasteiger partial charge in [0.2, 0.25) is 5.91 Å². The van der Waals surface area contributed by atoms with Gasteiger partial charge in [0, 0.05) is 19.0 Å². The minimum Gasteiger partial charge on any atom is -0.341 e. The van der Waals surface area contributed by atoms with E-state index < -0.39 is 9.71 Å². The molecule has 1 saturated heterocycles. The molecule has 0 aromatic rings. The zero-order valence-corrected chi connectivity index (χ0v) is 18.3. The number of halogens is 3. The van der Waals surface area contributed by atoms with Gasteiger partial charge in [-0.25, -0.2) is 0 Å². The number of carbonyl (C=O) groups is 1.